The molecule has 2 N–H and O–H groups in total. The molecular formula is C13H23N3O2. The fourth-order valence-corrected chi connectivity index (χ4v) is 2.17. The molecule has 0 saturated carbocycles. The molecule has 102 valence electrons. The van der Waals surface area contributed by atoms with Crippen LogP contribution in [0.1, 0.15) is 33.6 Å². The number of nitriles is 1. The number of rotatable bonds is 3. The SMILES string of the molecule is CC(C)(C)CC(N)CC(=O)N1CCOC(C#N)C1. The Balaban J connectivity index is 2.43. The summed E-state index contributed by atoms with van der Waals surface area (Å²) in [5.41, 5.74) is 6.12. The number of ether oxygens (including phenoxy) is 1. The van der Waals surface area contributed by atoms with Gasteiger partial charge >= 0.3 is 0 Å². The summed E-state index contributed by atoms with van der Waals surface area (Å²) in [6.45, 7) is 7.67. The molecule has 0 bridgehead atoms. The van der Waals surface area contributed by atoms with Crippen LogP contribution in [0.5, 0.6) is 0 Å². The molecule has 1 aliphatic rings. The molecule has 2 atom stereocenters. The lowest BCUT2D eigenvalue weighted by Crippen LogP contribution is -2.46. The van der Waals surface area contributed by atoms with E-state index in [1.54, 1.807) is 4.90 Å². The first-order chi connectivity index (χ1) is 8.31. The molecule has 2 unspecified atom stereocenters. The molecule has 5 heteroatoms. The molecule has 1 heterocycles. The van der Waals surface area contributed by atoms with Crippen molar-refractivity contribution in [3.05, 3.63) is 0 Å². The number of morpholine rings is 1. The molecule has 1 rings (SSSR count). The number of carbonyl (C=O) groups excluding carboxylic acids is 1. The van der Waals surface area contributed by atoms with Crippen LogP contribution in [-0.4, -0.2) is 42.6 Å². The lowest BCUT2D eigenvalue weighted by Gasteiger charge is -2.31. The standard InChI is InChI=1S/C13H23N3O2/c1-13(2,3)7-10(15)6-12(17)16-4-5-18-11(8-14)9-16/h10-11H,4-7,9,15H2,1-3H3. The van der Waals surface area contributed by atoms with Crippen LogP contribution in [0.2, 0.25) is 0 Å². The van der Waals surface area contributed by atoms with Gasteiger partial charge in [-0.3, -0.25) is 4.79 Å². The maximum atomic E-state index is 12.0. The van der Waals surface area contributed by atoms with Crippen molar-refractivity contribution in [2.24, 2.45) is 11.1 Å². The van der Waals surface area contributed by atoms with E-state index in [4.69, 9.17) is 15.7 Å². The number of amides is 1. The van der Waals surface area contributed by atoms with Gasteiger partial charge in [-0.15, -0.1) is 0 Å². The van der Waals surface area contributed by atoms with Gasteiger partial charge in [-0.05, 0) is 11.8 Å². The van der Waals surface area contributed by atoms with E-state index in [0.29, 0.717) is 26.1 Å². The van der Waals surface area contributed by atoms with Crippen molar-refractivity contribution >= 4 is 5.91 Å². The van der Waals surface area contributed by atoms with Crippen molar-refractivity contribution in [3.8, 4) is 6.07 Å². The van der Waals surface area contributed by atoms with Gasteiger partial charge in [-0.25, -0.2) is 0 Å². The van der Waals surface area contributed by atoms with Gasteiger partial charge in [0.2, 0.25) is 5.91 Å². The van der Waals surface area contributed by atoms with Crippen molar-refractivity contribution in [1.29, 1.82) is 5.26 Å². The largest absolute Gasteiger partial charge is 0.360 e. The third-order valence-corrected chi connectivity index (χ3v) is 2.87. The summed E-state index contributed by atoms with van der Waals surface area (Å²) < 4.78 is 5.21. The summed E-state index contributed by atoms with van der Waals surface area (Å²) in [5.74, 6) is 0.0234. The fraction of sp³-hybridized carbons (Fsp3) is 0.846. The third kappa shape index (κ3) is 5.03. The van der Waals surface area contributed by atoms with Crippen molar-refractivity contribution in [2.45, 2.75) is 45.8 Å². The van der Waals surface area contributed by atoms with E-state index in [-0.39, 0.29) is 17.4 Å². The van der Waals surface area contributed by atoms with Crippen molar-refractivity contribution in [1.82, 2.24) is 4.90 Å². The monoisotopic (exact) mass is 253 g/mol. The Hall–Kier alpha value is -1.12. The molecule has 1 saturated heterocycles. The van der Waals surface area contributed by atoms with E-state index in [2.05, 4.69) is 20.8 Å². The van der Waals surface area contributed by atoms with Crippen molar-refractivity contribution < 1.29 is 9.53 Å². The lowest BCUT2D eigenvalue weighted by molar-refractivity contribution is -0.137. The summed E-state index contributed by atoms with van der Waals surface area (Å²) in [6.07, 6.45) is 0.654. The molecule has 0 aromatic carbocycles. The minimum absolute atomic E-state index is 0.0234. The molecule has 5 nitrogen and oxygen atoms in total. The molecule has 1 fully saturated rings. The Kier molecular flexibility index (Phi) is 5.12. The lowest BCUT2D eigenvalue weighted by atomic mass is 9.87. The summed E-state index contributed by atoms with van der Waals surface area (Å²) >= 11 is 0. The first-order valence-electron chi connectivity index (χ1n) is 6.36. The second-order valence-electron chi connectivity index (χ2n) is 6.06. The van der Waals surface area contributed by atoms with Crippen LogP contribution in [0.25, 0.3) is 0 Å². The van der Waals surface area contributed by atoms with Gasteiger partial charge < -0.3 is 15.4 Å². The Labute approximate surface area is 109 Å². The smallest absolute Gasteiger partial charge is 0.224 e. The first-order valence-corrected chi connectivity index (χ1v) is 6.36. The van der Waals surface area contributed by atoms with Crippen LogP contribution >= 0.6 is 0 Å². The summed E-state index contributed by atoms with van der Waals surface area (Å²) in [7, 11) is 0. The van der Waals surface area contributed by atoms with Crippen LogP contribution in [0.15, 0.2) is 0 Å². The predicted molar refractivity (Wildman–Crippen MR) is 68.6 cm³/mol. The minimum atomic E-state index is -0.499. The molecule has 0 radical (unpaired) electrons. The molecule has 0 aromatic rings. The predicted octanol–water partition coefficient (Wildman–Crippen LogP) is 0.891. The molecule has 0 spiro atoms. The Bertz CT molecular complexity index is 330. The average Bonchev–Trinajstić information content (AvgIpc) is 2.26. The second-order valence-corrected chi connectivity index (χ2v) is 6.06. The highest BCUT2D eigenvalue weighted by Gasteiger charge is 2.26. The second kappa shape index (κ2) is 6.17. The third-order valence-electron chi connectivity index (χ3n) is 2.87. The van der Waals surface area contributed by atoms with E-state index in [0.717, 1.165) is 6.42 Å². The summed E-state index contributed by atoms with van der Waals surface area (Å²) in [5, 5.41) is 8.79. The Morgan fingerprint density at radius 2 is 2.28 bits per heavy atom. The number of hydrogen-bond donors (Lipinski definition) is 1. The first kappa shape index (κ1) is 14.9. The van der Waals surface area contributed by atoms with Crippen LogP contribution in [0.3, 0.4) is 0 Å². The summed E-state index contributed by atoms with van der Waals surface area (Å²) in [6, 6.07) is 1.91. The molecule has 18 heavy (non-hydrogen) atoms. The van der Waals surface area contributed by atoms with E-state index >= 15 is 0 Å². The van der Waals surface area contributed by atoms with Gasteiger partial charge in [0, 0.05) is 19.0 Å². The fourth-order valence-electron chi connectivity index (χ4n) is 2.17. The summed E-state index contributed by atoms with van der Waals surface area (Å²) in [4.78, 5) is 13.7. The number of nitrogens with zero attached hydrogens (tertiary/aromatic N) is 2. The van der Waals surface area contributed by atoms with E-state index in [1.807, 2.05) is 6.07 Å². The zero-order valence-corrected chi connectivity index (χ0v) is 11.5. The van der Waals surface area contributed by atoms with Crippen LogP contribution in [0.4, 0.5) is 0 Å². The van der Waals surface area contributed by atoms with Crippen LogP contribution < -0.4 is 5.73 Å². The van der Waals surface area contributed by atoms with Gasteiger partial charge in [-0.1, -0.05) is 20.8 Å². The van der Waals surface area contributed by atoms with E-state index in [9.17, 15) is 4.79 Å². The topological polar surface area (TPSA) is 79.3 Å². The van der Waals surface area contributed by atoms with Gasteiger partial charge in [-0.2, -0.15) is 5.26 Å². The Morgan fingerprint density at radius 1 is 1.61 bits per heavy atom. The van der Waals surface area contributed by atoms with Crippen LogP contribution in [-0.2, 0) is 9.53 Å². The minimum Gasteiger partial charge on any atom is -0.360 e. The zero-order chi connectivity index (χ0) is 13.8. The maximum Gasteiger partial charge on any atom is 0.224 e. The molecule has 1 aliphatic heterocycles. The normalized spacial score (nSPS) is 22.4. The maximum absolute atomic E-state index is 12.0. The number of hydrogen-bond acceptors (Lipinski definition) is 4. The highest BCUT2D eigenvalue weighted by atomic mass is 16.5. The quantitative estimate of drug-likeness (QED) is 0.810. The average molecular weight is 253 g/mol. The van der Waals surface area contributed by atoms with Crippen molar-refractivity contribution in [2.75, 3.05) is 19.7 Å². The van der Waals surface area contributed by atoms with E-state index < -0.39 is 6.10 Å². The highest BCUT2D eigenvalue weighted by molar-refractivity contribution is 5.77. The number of nitrogens with two attached hydrogens (primary N) is 1. The molecule has 0 aromatic heterocycles. The number of carbonyl (C=O) groups is 1. The van der Waals surface area contributed by atoms with Gasteiger partial charge in [0.05, 0.1) is 19.2 Å². The van der Waals surface area contributed by atoms with Gasteiger partial charge in [0.1, 0.15) is 0 Å². The molecule has 1 amide bonds. The van der Waals surface area contributed by atoms with Crippen LogP contribution in [0, 0.1) is 16.7 Å². The van der Waals surface area contributed by atoms with Gasteiger partial charge in [0.15, 0.2) is 6.10 Å². The van der Waals surface area contributed by atoms with Crippen molar-refractivity contribution in [3.63, 3.8) is 0 Å². The van der Waals surface area contributed by atoms with E-state index in [1.165, 1.54) is 0 Å². The Morgan fingerprint density at radius 3 is 2.83 bits per heavy atom. The molecule has 0 aliphatic carbocycles. The highest BCUT2D eigenvalue weighted by Crippen LogP contribution is 2.21. The zero-order valence-electron chi connectivity index (χ0n) is 11.5. The molecular weight excluding hydrogens is 230 g/mol. The van der Waals surface area contributed by atoms with Gasteiger partial charge in [0.25, 0.3) is 0 Å².